The van der Waals surface area contributed by atoms with E-state index in [1.54, 1.807) is 13.1 Å². The first kappa shape index (κ1) is 23.3. The van der Waals surface area contributed by atoms with Gasteiger partial charge in [0.25, 0.3) is 0 Å². The van der Waals surface area contributed by atoms with Crippen LogP contribution < -0.4 is 11.1 Å². The smallest absolute Gasteiger partial charge is 0.239 e. The predicted octanol–water partition coefficient (Wildman–Crippen LogP) is 3.20. The van der Waals surface area contributed by atoms with Gasteiger partial charge in [-0.2, -0.15) is 5.10 Å². The highest BCUT2D eigenvalue weighted by Crippen LogP contribution is 2.46. The Bertz CT molecular complexity index is 1140. The van der Waals surface area contributed by atoms with Gasteiger partial charge >= 0.3 is 0 Å². The minimum atomic E-state index is -0.485. The van der Waals surface area contributed by atoms with E-state index < -0.39 is 6.04 Å². The van der Waals surface area contributed by atoms with Gasteiger partial charge in [-0.25, -0.2) is 4.98 Å². The lowest BCUT2D eigenvalue weighted by Gasteiger charge is -2.23. The van der Waals surface area contributed by atoms with Crippen LogP contribution in [0.5, 0.6) is 0 Å². The summed E-state index contributed by atoms with van der Waals surface area (Å²) in [5, 5.41) is 8.13. The van der Waals surface area contributed by atoms with Gasteiger partial charge in [-0.1, -0.05) is 32.4 Å². The largest absolute Gasteiger partial charge is 0.341 e. The summed E-state index contributed by atoms with van der Waals surface area (Å²) in [7, 11) is 0. The van der Waals surface area contributed by atoms with E-state index in [0.717, 1.165) is 30.5 Å². The second kappa shape index (κ2) is 8.34. The Balaban J connectivity index is 1.30. The molecular formula is C25H33ClN6O2. The van der Waals surface area contributed by atoms with E-state index in [2.05, 4.69) is 36.2 Å². The summed E-state index contributed by atoms with van der Waals surface area (Å²) in [6.07, 6.45) is 5.15. The highest BCUT2D eigenvalue weighted by Gasteiger charge is 2.49. The zero-order chi connectivity index (χ0) is 24.4. The second-order valence-corrected chi connectivity index (χ2v) is 11.6. The van der Waals surface area contributed by atoms with Gasteiger partial charge in [-0.3, -0.25) is 14.3 Å². The minimum absolute atomic E-state index is 0.00414. The van der Waals surface area contributed by atoms with Crippen LogP contribution in [0.1, 0.15) is 39.8 Å². The van der Waals surface area contributed by atoms with E-state index in [1.165, 1.54) is 5.69 Å². The highest BCUT2D eigenvalue weighted by atomic mass is 35.5. The molecule has 4 heterocycles. The lowest BCUT2D eigenvalue weighted by molar-refractivity contribution is -0.131. The topological polar surface area (TPSA) is 106 Å². The number of anilines is 1. The van der Waals surface area contributed by atoms with Gasteiger partial charge in [-0.05, 0) is 49.0 Å². The maximum atomic E-state index is 13.2. The monoisotopic (exact) mass is 484 g/mol. The fourth-order valence-electron chi connectivity index (χ4n) is 6.20. The van der Waals surface area contributed by atoms with Crippen LogP contribution in [0.25, 0.3) is 11.1 Å². The number of halogens is 1. The van der Waals surface area contributed by atoms with E-state index >= 15 is 0 Å². The number of nitrogens with zero attached hydrogens (tertiary/aromatic N) is 4. The van der Waals surface area contributed by atoms with Crippen LogP contribution in [0.2, 0.25) is 5.02 Å². The maximum Gasteiger partial charge on any atom is 0.239 e. The predicted molar refractivity (Wildman–Crippen MR) is 131 cm³/mol. The average molecular weight is 485 g/mol. The third-order valence-corrected chi connectivity index (χ3v) is 8.27. The van der Waals surface area contributed by atoms with Crippen molar-refractivity contribution in [2.75, 3.05) is 18.4 Å². The van der Waals surface area contributed by atoms with Crippen molar-refractivity contribution >= 4 is 29.2 Å². The lowest BCUT2D eigenvalue weighted by Crippen LogP contribution is -2.42. The van der Waals surface area contributed by atoms with E-state index in [1.807, 2.05) is 21.8 Å². The number of carbonyl (C=O) groups excluding carboxylic acids is 2. The third-order valence-electron chi connectivity index (χ3n) is 7.97. The van der Waals surface area contributed by atoms with Crippen LogP contribution in [-0.2, 0) is 22.6 Å². The fraction of sp³-hybridized carbons (Fsp3) is 0.600. The molecule has 2 amide bonds. The molecule has 34 heavy (non-hydrogen) atoms. The van der Waals surface area contributed by atoms with Gasteiger partial charge in [0.15, 0.2) is 0 Å². The van der Waals surface area contributed by atoms with Crippen LogP contribution >= 0.6 is 11.6 Å². The molecule has 0 aromatic carbocycles. The van der Waals surface area contributed by atoms with Crippen LogP contribution in [0.15, 0.2) is 18.5 Å². The van der Waals surface area contributed by atoms with Gasteiger partial charge in [0.1, 0.15) is 5.82 Å². The van der Waals surface area contributed by atoms with Gasteiger partial charge in [-0.15, -0.1) is 0 Å². The fourth-order valence-corrected chi connectivity index (χ4v) is 6.40. The highest BCUT2D eigenvalue weighted by molar-refractivity contribution is 6.33. The van der Waals surface area contributed by atoms with Crippen LogP contribution in [0.4, 0.5) is 5.82 Å². The molecule has 9 heteroatoms. The van der Waals surface area contributed by atoms with Crippen molar-refractivity contribution in [1.82, 2.24) is 19.7 Å². The summed E-state index contributed by atoms with van der Waals surface area (Å²) < 4.78 is 2.04. The summed E-state index contributed by atoms with van der Waals surface area (Å²) in [4.78, 5) is 31.8. The number of nitrogens with one attached hydrogen (secondary N) is 1. The van der Waals surface area contributed by atoms with Gasteiger partial charge in [0.2, 0.25) is 11.8 Å². The second-order valence-electron chi connectivity index (χ2n) is 11.2. The number of amides is 2. The van der Waals surface area contributed by atoms with E-state index in [9.17, 15) is 9.59 Å². The van der Waals surface area contributed by atoms with Crippen molar-refractivity contribution in [2.45, 2.75) is 53.1 Å². The summed E-state index contributed by atoms with van der Waals surface area (Å²) >= 11 is 6.52. The Morgan fingerprint density at radius 1 is 1.26 bits per heavy atom. The first-order valence-corrected chi connectivity index (χ1v) is 12.5. The molecule has 182 valence electrons. The van der Waals surface area contributed by atoms with Crippen LogP contribution in [-0.4, -0.2) is 50.6 Å². The molecule has 8 nitrogen and oxygen atoms in total. The molecule has 2 aromatic rings. The molecule has 1 saturated carbocycles. The maximum absolute atomic E-state index is 13.2. The van der Waals surface area contributed by atoms with Gasteiger partial charge in [0.05, 0.1) is 17.3 Å². The van der Waals surface area contributed by atoms with E-state index in [-0.39, 0.29) is 29.1 Å². The zero-order valence-electron chi connectivity index (χ0n) is 20.2. The summed E-state index contributed by atoms with van der Waals surface area (Å²) in [6.45, 7) is 10.6. The molecule has 5 atom stereocenters. The van der Waals surface area contributed by atoms with Gasteiger partial charge < -0.3 is 16.0 Å². The normalized spacial score (nSPS) is 28.0. The SMILES string of the molecule is C[C@H](N)C(=O)N1C[C@H]2CC(C(=O)Nc3cc(-c4cnn5c4CC(C)(C)C5)c(Cl)cn3)[C@@H](C)[C@H]2C1. The lowest BCUT2D eigenvalue weighted by atomic mass is 9.89. The molecule has 1 saturated heterocycles. The first-order chi connectivity index (χ1) is 16.0. The molecule has 1 unspecified atom stereocenters. The zero-order valence-corrected chi connectivity index (χ0v) is 21.0. The quantitative estimate of drug-likeness (QED) is 0.693. The van der Waals surface area contributed by atoms with E-state index in [4.69, 9.17) is 17.3 Å². The Morgan fingerprint density at radius 3 is 2.74 bits per heavy atom. The number of aromatic nitrogens is 3. The van der Waals surface area contributed by atoms with Crippen molar-refractivity contribution in [2.24, 2.45) is 34.8 Å². The van der Waals surface area contributed by atoms with Crippen molar-refractivity contribution in [3.05, 3.63) is 29.2 Å². The van der Waals surface area contributed by atoms with Crippen molar-refractivity contribution in [3.63, 3.8) is 0 Å². The number of hydrogen-bond donors (Lipinski definition) is 2. The Morgan fingerprint density at radius 2 is 2.03 bits per heavy atom. The standard InChI is InChI=1S/C25H33ClN6O2/c1-13-16(5-15-10-31(11-19(13)15)24(34)14(2)27)23(33)30-22-6-17(20(26)9-28-22)18-8-29-32-12-25(3,4)7-21(18)32/h6,8-9,13-16,19H,5,7,10-12,27H2,1-4H3,(H,28,30,33)/t13-,14+,15-,16?,19-/m1/s1. The molecule has 2 aliphatic heterocycles. The number of likely N-dealkylation sites (tertiary alicyclic amines) is 1. The Kier molecular flexibility index (Phi) is 5.72. The first-order valence-electron chi connectivity index (χ1n) is 12.1. The Hall–Kier alpha value is -2.45. The third kappa shape index (κ3) is 4.01. The van der Waals surface area contributed by atoms with Gasteiger partial charge in [0, 0.05) is 48.6 Å². The average Bonchev–Trinajstić information content (AvgIpc) is 3.49. The summed E-state index contributed by atoms with van der Waals surface area (Å²) in [5.74, 6) is 1.21. The summed E-state index contributed by atoms with van der Waals surface area (Å²) in [6, 6.07) is 1.37. The number of fused-ring (bicyclic) bond motifs is 2. The molecule has 0 bridgehead atoms. The molecule has 3 N–H and O–H groups in total. The molecular weight excluding hydrogens is 452 g/mol. The number of pyridine rings is 1. The molecule has 0 radical (unpaired) electrons. The molecule has 2 fully saturated rings. The van der Waals surface area contributed by atoms with Crippen molar-refractivity contribution < 1.29 is 9.59 Å². The minimum Gasteiger partial charge on any atom is -0.341 e. The van der Waals surface area contributed by atoms with Crippen LogP contribution in [0.3, 0.4) is 0 Å². The number of hydrogen-bond acceptors (Lipinski definition) is 5. The molecule has 2 aromatic heterocycles. The molecule has 1 aliphatic carbocycles. The molecule has 0 spiro atoms. The number of carbonyl (C=O) groups is 2. The molecule has 5 rings (SSSR count). The van der Waals surface area contributed by atoms with E-state index in [0.29, 0.717) is 35.8 Å². The van der Waals surface area contributed by atoms with Crippen LogP contribution in [0, 0.1) is 29.1 Å². The number of rotatable bonds is 4. The Labute approximate surface area is 205 Å². The summed E-state index contributed by atoms with van der Waals surface area (Å²) in [5.41, 5.74) is 8.95. The number of nitrogens with two attached hydrogens (primary N) is 1. The van der Waals surface area contributed by atoms with Crippen molar-refractivity contribution in [3.8, 4) is 11.1 Å². The van der Waals surface area contributed by atoms with Crippen molar-refractivity contribution in [1.29, 1.82) is 0 Å². The molecule has 3 aliphatic rings.